The second kappa shape index (κ2) is 15.8. The van der Waals surface area contributed by atoms with E-state index in [1.165, 1.54) is 0 Å². The Hall–Kier alpha value is -1.09. The van der Waals surface area contributed by atoms with Gasteiger partial charge in [0.2, 0.25) is 0 Å². The molecule has 13 nitrogen and oxygen atoms in total. The lowest BCUT2D eigenvalue weighted by Crippen LogP contribution is -2.24. The van der Waals surface area contributed by atoms with Gasteiger partial charge in [-0.15, -0.1) is 0 Å². The van der Waals surface area contributed by atoms with E-state index in [4.69, 9.17) is 19.9 Å². The second-order valence-electron chi connectivity index (χ2n) is 3.60. The van der Waals surface area contributed by atoms with Gasteiger partial charge >= 0.3 is 27.1 Å². The average Bonchev–Trinajstić information content (AvgIpc) is 2.28. The van der Waals surface area contributed by atoms with Crippen LogP contribution in [-0.4, -0.2) is 52.4 Å². The van der Waals surface area contributed by atoms with Crippen molar-refractivity contribution >= 4 is 27.1 Å². The van der Waals surface area contributed by atoms with Crippen molar-refractivity contribution < 1.29 is 47.9 Å². The van der Waals surface area contributed by atoms with E-state index in [0.717, 1.165) is 0 Å². The third-order valence-electron chi connectivity index (χ3n) is 1.86. The number of carbonyl (C=O) groups excluding carboxylic acids is 1. The lowest BCUT2D eigenvalue weighted by molar-refractivity contribution is -0.145. The molecule has 140 valence electrons. The molecule has 0 spiro atoms. The Balaban J connectivity index is -0.000000602. The number of carbonyl (C=O) groups is 2. The number of hydrogen-bond acceptors (Lipinski definition) is 10. The molecule has 0 aromatic carbocycles. The summed E-state index contributed by atoms with van der Waals surface area (Å²) in [6, 6.07) is 0. The van der Waals surface area contributed by atoms with E-state index in [1.807, 2.05) is 0 Å². The summed E-state index contributed by atoms with van der Waals surface area (Å²) in [5, 5.41) is 17.2. The van der Waals surface area contributed by atoms with Gasteiger partial charge in [0.15, 0.2) is 0 Å². The molecular formula is C8H25BN3O10P. The van der Waals surface area contributed by atoms with Crippen molar-refractivity contribution in [3.8, 4) is 0 Å². The van der Waals surface area contributed by atoms with Crippen LogP contribution in [0.1, 0.15) is 25.7 Å². The minimum Gasteiger partial charge on any atom is -0.481 e. The van der Waals surface area contributed by atoms with E-state index in [2.05, 4.69) is 13.8 Å². The average molecular weight is 365 g/mol. The van der Waals surface area contributed by atoms with Gasteiger partial charge < -0.3 is 47.8 Å². The molecule has 0 bridgehead atoms. The Kier molecular flexibility index (Phi) is 20.5. The zero-order valence-electron chi connectivity index (χ0n) is 12.6. The normalized spacial score (nSPS) is 9.70. The van der Waals surface area contributed by atoms with Crippen LogP contribution in [-0.2, 0) is 28.0 Å². The number of unbranched alkanes of at least 4 members (excludes halogenated alkanes) is 1. The highest BCUT2D eigenvalue weighted by atomic mass is 31.2. The van der Waals surface area contributed by atoms with Gasteiger partial charge in [-0.05, 0) is 12.8 Å². The van der Waals surface area contributed by atoms with E-state index in [1.54, 1.807) is 0 Å². The summed E-state index contributed by atoms with van der Waals surface area (Å²) in [5.74, 6) is -1.50. The lowest BCUT2D eigenvalue weighted by atomic mass is 10.2. The lowest BCUT2D eigenvalue weighted by Gasteiger charge is -2.09. The SMILES string of the molecule is N.N.N.O=C(O)CCCCC(=O)OCCOB(O)OP(=O)(O)O. The molecule has 0 fully saturated rings. The van der Waals surface area contributed by atoms with Crippen molar-refractivity contribution in [1.29, 1.82) is 0 Å². The molecule has 0 unspecified atom stereocenters. The molecule has 0 aliphatic carbocycles. The molecule has 0 aromatic rings. The van der Waals surface area contributed by atoms with Gasteiger partial charge in [-0.2, -0.15) is 0 Å². The first-order valence-corrected chi connectivity index (χ1v) is 7.15. The predicted molar refractivity (Wildman–Crippen MR) is 79.2 cm³/mol. The quantitative estimate of drug-likeness (QED) is 0.108. The number of rotatable bonds is 11. The Bertz CT molecular complexity index is 368. The number of hydrogen-bond donors (Lipinski definition) is 7. The fourth-order valence-electron chi connectivity index (χ4n) is 1.07. The summed E-state index contributed by atoms with van der Waals surface area (Å²) in [7, 11) is -6.97. The highest BCUT2D eigenvalue weighted by Gasteiger charge is 2.27. The Morgan fingerprint density at radius 1 is 1.00 bits per heavy atom. The standard InChI is InChI=1S/C8H16BO10P.3H3N/c10-7(11)3-1-2-4-8(12)17-5-6-18-9(13)19-20(14,15)16;;;/h13H,1-6H2,(H,10,11)(H2,14,15,16);3*1H3. The van der Waals surface area contributed by atoms with Crippen molar-refractivity contribution in [3.05, 3.63) is 0 Å². The summed E-state index contributed by atoms with van der Waals surface area (Å²) < 4.78 is 23.1. The van der Waals surface area contributed by atoms with Gasteiger partial charge in [-0.1, -0.05) is 0 Å². The van der Waals surface area contributed by atoms with E-state index >= 15 is 0 Å². The Labute approximate surface area is 133 Å². The van der Waals surface area contributed by atoms with E-state index in [9.17, 15) is 14.2 Å². The maximum Gasteiger partial charge on any atom is 0.645 e. The van der Waals surface area contributed by atoms with Crippen molar-refractivity contribution in [1.82, 2.24) is 18.5 Å². The smallest absolute Gasteiger partial charge is 0.481 e. The zero-order valence-corrected chi connectivity index (χ0v) is 13.5. The maximum atomic E-state index is 11.1. The molecule has 0 radical (unpaired) electrons. The van der Waals surface area contributed by atoms with Gasteiger partial charge in [-0.3, -0.25) is 14.0 Å². The molecule has 0 rings (SSSR count). The molecule has 15 heteroatoms. The first-order chi connectivity index (χ1) is 9.20. The van der Waals surface area contributed by atoms with Gasteiger partial charge in [0.25, 0.3) is 0 Å². The van der Waals surface area contributed by atoms with Crippen LogP contribution >= 0.6 is 7.82 Å². The fraction of sp³-hybridized carbons (Fsp3) is 0.750. The van der Waals surface area contributed by atoms with Crippen molar-refractivity contribution in [2.75, 3.05) is 13.2 Å². The molecule has 0 saturated heterocycles. The minimum absolute atomic E-state index is 0. The van der Waals surface area contributed by atoms with Crippen LogP contribution in [0.5, 0.6) is 0 Å². The molecule has 0 aliphatic rings. The number of phosphoric acid groups is 1. The van der Waals surface area contributed by atoms with Crippen molar-refractivity contribution in [2.24, 2.45) is 0 Å². The Morgan fingerprint density at radius 3 is 2.00 bits per heavy atom. The number of esters is 1. The van der Waals surface area contributed by atoms with Crippen LogP contribution in [0.25, 0.3) is 0 Å². The molecule has 0 atom stereocenters. The third kappa shape index (κ3) is 23.3. The van der Waals surface area contributed by atoms with Crippen molar-refractivity contribution in [3.63, 3.8) is 0 Å². The number of ether oxygens (including phenoxy) is 1. The molecule has 0 saturated carbocycles. The molecular weight excluding hydrogens is 340 g/mol. The maximum absolute atomic E-state index is 11.1. The fourth-order valence-corrected chi connectivity index (χ4v) is 1.37. The summed E-state index contributed by atoms with van der Waals surface area (Å²) in [6.07, 6.45) is 0.753. The summed E-state index contributed by atoms with van der Waals surface area (Å²) >= 11 is 0. The van der Waals surface area contributed by atoms with E-state index in [-0.39, 0.29) is 44.5 Å². The second-order valence-corrected chi connectivity index (χ2v) is 4.79. The monoisotopic (exact) mass is 365 g/mol. The molecule has 0 aromatic heterocycles. The third-order valence-corrected chi connectivity index (χ3v) is 2.31. The minimum atomic E-state index is -4.85. The van der Waals surface area contributed by atoms with Gasteiger partial charge in [0.05, 0.1) is 6.61 Å². The zero-order chi connectivity index (χ0) is 15.6. The van der Waals surface area contributed by atoms with Crippen LogP contribution in [0.2, 0.25) is 0 Å². The van der Waals surface area contributed by atoms with Crippen LogP contribution in [0.15, 0.2) is 0 Å². The first-order valence-electron chi connectivity index (χ1n) is 5.62. The molecule has 0 aliphatic heterocycles. The highest BCUT2D eigenvalue weighted by molar-refractivity contribution is 7.47. The van der Waals surface area contributed by atoms with Crippen LogP contribution in [0, 0.1) is 0 Å². The predicted octanol–water partition coefficient (Wildman–Crippen LogP) is -0.236. The van der Waals surface area contributed by atoms with Crippen LogP contribution < -0.4 is 18.5 Å². The Morgan fingerprint density at radius 2 is 1.52 bits per heavy atom. The molecule has 0 heterocycles. The van der Waals surface area contributed by atoms with E-state index < -0.39 is 27.1 Å². The van der Waals surface area contributed by atoms with Gasteiger partial charge in [0.1, 0.15) is 6.61 Å². The first kappa shape index (κ1) is 29.9. The summed E-state index contributed by atoms with van der Waals surface area (Å²) in [4.78, 5) is 37.9. The summed E-state index contributed by atoms with van der Waals surface area (Å²) in [5.41, 5.74) is 0. The molecule has 0 amide bonds. The number of carboxylic acids is 1. The van der Waals surface area contributed by atoms with Gasteiger partial charge in [-0.25, -0.2) is 4.57 Å². The van der Waals surface area contributed by atoms with Crippen LogP contribution in [0.4, 0.5) is 0 Å². The van der Waals surface area contributed by atoms with Crippen LogP contribution in [0.3, 0.4) is 0 Å². The number of carboxylic acid groups (broad SMARTS) is 1. The van der Waals surface area contributed by atoms with E-state index in [0.29, 0.717) is 12.8 Å². The molecule has 23 heavy (non-hydrogen) atoms. The number of aliphatic carboxylic acids is 1. The summed E-state index contributed by atoms with van der Waals surface area (Å²) in [6.45, 7) is -0.554. The highest BCUT2D eigenvalue weighted by Crippen LogP contribution is 2.36. The topological polar surface area (TPSA) is 265 Å². The largest absolute Gasteiger partial charge is 0.645 e. The van der Waals surface area contributed by atoms with Gasteiger partial charge in [0, 0.05) is 12.8 Å². The van der Waals surface area contributed by atoms with Crippen molar-refractivity contribution in [2.45, 2.75) is 25.7 Å². The molecule has 13 N–H and O–H groups in total.